The van der Waals surface area contributed by atoms with Gasteiger partial charge in [-0.25, -0.2) is 9.97 Å². The molecule has 0 aliphatic rings. The van der Waals surface area contributed by atoms with Gasteiger partial charge in [0, 0.05) is 17.3 Å². The van der Waals surface area contributed by atoms with E-state index in [9.17, 15) is 4.79 Å². The molecule has 0 bridgehead atoms. The summed E-state index contributed by atoms with van der Waals surface area (Å²) in [6.07, 6.45) is 4.66. The Hall–Kier alpha value is -1.22. The first-order valence-electron chi connectivity index (χ1n) is 7.18. The van der Waals surface area contributed by atoms with Gasteiger partial charge in [0.25, 0.3) is 0 Å². The fourth-order valence-electron chi connectivity index (χ4n) is 1.71. The number of hydrogen-bond donors (Lipinski definition) is 2. The zero-order valence-corrected chi connectivity index (χ0v) is 15.3. The van der Waals surface area contributed by atoms with Crippen molar-refractivity contribution in [2.45, 2.75) is 19.9 Å². The smallest absolute Gasteiger partial charge is 0.320 e. The summed E-state index contributed by atoms with van der Waals surface area (Å²) in [7, 11) is 0. The van der Waals surface area contributed by atoms with E-state index in [0.717, 1.165) is 33.6 Å². The third kappa shape index (κ3) is 6.42. The SMILES string of the molecule is Cc1nc(-c2nc(CNCC(=O)OCC=CCCS)cs2)cs1. The Kier molecular flexibility index (Phi) is 7.73. The highest BCUT2D eigenvalue weighted by atomic mass is 32.1. The number of thiol groups is 1. The van der Waals surface area contributed by atoms with E-state index in [2.05, 4.69) is 27.9 Å². The first kappa shape index (κ1) is 18.1. The Morgan fingerprint density at radius 3 is 2.96 bits per heavy atom. The average molecular weight is 370 g/mol. The highest BCUT2D eigenvalue weighted by molar-refractivity contribution is 7.80. The quantitative estimate of drug-likeness (QED) is 0.404. The van der Waals surface area contributed by atoms with E-state index >= 15 is 0 Å². The fraction of sp³-hybridized carbons (Fsp3) is 0.400. The average Bonchev–Trinajstić information content (AvgIpc) is 3.16. The van der Waals surface area contributed by atoms with Crippen LogP contribution in [-0.2, 0) is 16.1 Å². The number of aromatic nitrogens is 2. The van der Waals surface area contributed by atoms with Crippen LogP contribution in [0.5, 0.6) is 0 Å². The van der Waals surface area contributed by atoms with Gasteiger partial charge in [-0.2, -0.15) is 12.6 Å². The van der Waals surface area contributed by atoms with Crippen molar-refractivity contribution in [3.05, 3.63) is 33.6 Å². The lowest BCUT2D eigenvalue weighted by Crippen LogP contribution is -2.24. The Morgan fingerprint density at radius 1 is 1.35 bits per heavy atom. The molecule has 0 aliphatic heterocycles. The molecule has 0 saturated heterocycles. The molecule has 1 N–H and O–H groups in total. The van der Waals surface area contributed by atoms with E-state index in [1.807, 2.05) is 29.8 Å². The lowest BCUT2D eigenvalue weighted by Gasteiger charge is -2.03. The fourth-order valence-corrected chi connectivity index (χ4v) is 3.31. The van der Waals surface area contributed by atoms with Gasteiger partial charge >= 0.3 is 5.97 Å². The van der Waals surface area contributed by atoms with Crippen molar-refractivity contribution < 1.29 is 9.53 Å². The van der Waals surface area contributed by atoms with Gasteiger partial charge in [-0.05, 0) is 19.1 Å². The van der Waals surface area contributed by atoms with Crippen LogP contribution in [0.3, 0.4) is 0 Å². The normalized spacial score (nSPS) is 11.2. The Bertz CT molecular complexity index is 652. The summed E-state index contributed by atoms with van der Waals surface area (Å²) >= 11 is 7.26. The molecular weight excluding hydrogens is 350 g/mol. The zero-order chi connectivity index (χ0) is 16.5. The maximum atomic E-state index is 11.5. The molecular formula is C15H19N3O2S3. The number of thiazole rings is 2. The second-order valence-corrected chi connectivity index (χ2v) is 7.03. The first-order chi connectivity index (χ1) is 11.2. The van der Waals surface area contributed by atoms with Gasteiger partial charge in [-0.15, -0.1) is 22.7 Å². The summed E-state index contributed by atoms with van der Waals surface area (Å²) in [4.78, 5) is 20.5. The van der Waals surface area contributed by atoms with Crippen LogP contribution in [0.25, 0.3) is 10.7 Å². The maximum absolute atomic E-state index is 11.5. The van der Waals surface area contributed by atoms with Gasteiger partial charge in [-0.3, -0.25) is 4.79 Å². The standard InChI is InChI=1S/C15H19N3O2S3/c1-11-17-13(10-22-11)15-18-12(9-23-15)7-16-8-14(19)20-5-3-2-4-6-21/h2-3,9-10,16,21H,4-8H2,1H3. The molecule has 0 aromatic carbocycles. The number of ether oxygens (including phenoxy) is 1. The molecule has 0 atom stereocenters. The lowest BCUT2D eigenvalue weighted by atomic mass is 10.4. The van der Waals surface area contributed by atoms with Gasteiger partial charge in [0.15, 0.2) is 0 Å². The van der Waals surface area contributed by atoms with Crippen LogP contribution in [-0.4, -0.2) is 34.8 Å². The van der Waals surface area contributed by atoms with Crippen LogP contribution in [0.2, 0.25) is 0 Å². The molecule has 5 nitrogen and oxygen atoms in total. The summed E-state index contributed by atoms with van der Waals surface area (Å²) in [5, 5.41) is 8.95. The number of nitrogens with one attached hydrogen (secondary N) is 1. The second kappa shape index (κ2) is 9.82. The molecule has 0 amide bonds. The number of carbonyl (C=O) groups excluding carboxylic acids is 1. The second-order valence-electron chi connectivity index (χ2n) is 4.67. The van der Waals surface area contributed by atoms with Crippen molar-refractivity contribution in [3.63, 3.8) is 0 Å². The number of allylic oxidation sites excluding steroid dienone is 1. The molecule has 0 spiro atoms. The van der Waals surface area contributed by atoms with Crippen molar-refractivity contribution in [2.75, 3.05) is 18.9 Å². The lowest BCUT2D eigenvalue weighted by molar-refractivity contribution is -0.141. The van der Waals surface area contributed by atoms with Gasteiger partial charge in [0.05, 0.1) is 17.2 Å². The number of hydrogen-bond acceptors (Lipinski definition) is 8. The van der Waals surface area contributed by atoms with Crippen molar-refractivity contribution in [2.24, 2.45) is 0 Å². The van der Waals surface area contributed by atoms with E-state index in [4.69, 9.17) is 4.74 Å². The molecule has 0 unspecified atom stereocenters. The van der Waals surface area contributed by atoms with Gasteiger partial charge < -0.3 is 10.1 Å². The summed E-state index contributed by atoms with van der Waals surface area (Å²) < 4.78 is 5.06. The van der Waals surface area contributed by atoms with Gasteiger partial charge in [0.1, 0.15) is 17.3 Å². The van der Waals surface area contributed by atoms with Crippen LogP contribution < -0.4 is 5.32 Å². The molecule has 2 rings (SSSR count). The minimum absolute atomic E-state index is 0.170. The minimum atomic E-state index is -0.272. The van der Waals surface area contributed by atoms with Crippen LogP contribution in [0.4, 0.5) is 0 Å². The maximum Gasteiger partial charge on any atom is 0.320 e. The van der Waals surface area contributed by atoms with Crippen LogP contribution >= 0.6 is 35.3 Å². The van der Waals surface area contributed by atoms with Crippen LogP contribution in [0.15, 0.2) is 22.9 Å². The number of esters is 1. The number of rotatable bonds is 9. The molecule has 2 heterocycles. The summed E-state index contributed by atoms with van der Waals surface area (Å²) in [6, 6.07) is 0. The summed E-state index contributed by atoms with van der Waals surface area (Å²) in [5.74, 6) is 0.522. The molecule has 0 fully saturated rings. The third-order valence-electron chi connectivity index (χ3n) is 2.77. The minimum Gasteiger partial charge on any atom is -0.461 e. The number of aryl methyl sites for hydroxylation is 1. The van der Waals surface area contributed by atoms with E-state index < -0.39 is 0 Å². The van der Waals surface area contributed by atoms with E-state index in [1.165, 1.54) is 0 Å². The van der Waals surface area contributed by atoms with E-state index in [0.29, 0.717) is 13.2 Å². The topological polar surface area (TPSA) is 64.1 Å². The summed E-state index contributed by atoms with van der Waals surface area (Å²) in [5.41, 5.74) is 1.81. The Labute approximate surface area is 149 Å². The molecule has 8 heteroatoms. The first-order valence-corrected chi connectivity index (χ1v) is 9.57. The molecule has 2 aromatic rings. The van der Waals surface area contributed by atoms with E-state index in [-0.39, 0.29) is 12.5 Å². The van der Waals surface area contributed by atoms with Gasteiger partial charge in [-0.1, -0.05) is 12.2 Å². The number of nitrogens with zero attached hydrogens (tertiary/aromatic N) is 2. The monoisotopic (exact) mass is 369 g/mol. The van der Waals surface area contributed by atoms with Crippen LogP contribution in [0.1, 0.15) is 17.1 Å². The molecule has 0 radical (unpaired) electrons. The zero-order valence-electron chi connectivity index (χ0n) is 12.8. The van der Waals surface area contributed by atoms with Crippen LogP contribution in [0, 0.1) is 6.92 Å². The van der Waals surface area contributed by atoms with E-state index in [1.54, 1.807) is 22.7 Å². The molecule has 0 aliphatic carbocycles. The molecule has 2 aromatic heterocycles. The van der Waals surface area contributed by atoms with Gasteiger partial charge in [0.2, 0.25) is 0 Å². The Morgan fingerprint density at radius 2 is 2.22 bits per heavy atom. The molecule has 124 valence electrons. The number of carbonyl (C=O) groups is 1. The Balaban J connectivity index is 1.68. The predicted octanol–water partition coefficient (Wildman–Crippen LogP) is 3.08. The highest BCUT2D eigenvalue weighted by Gasteiger charge is 2.08. The third-order valence-corrected chi connectivity index (χ3v) is 4.71. The predicted molar refractivity (Wildman–Crippen MR) is 98.2 cm³/mol. The van der Waals surface area contributed by atoms with Crippen molar-refractivity contribution in [1.29, 1.82) is 0 Å². The van der Waals surface area contributed by atoms with Crippen molar-refractivity contribution in [3.8, 4) is 10.7 Å². The molecule has 0 saturated carbocycles. The van der Waals surface area contributed by atoms with Crippen molar-refractivity contribution in [1.82, 2.24) is 15.3 Å². The van der Waals surface area contributed by atoms with Crippen molar-refractivity contribution >= 4 is 41.3 Å². The molecule has 23 heavy (non-hydrogen) atoms. The highest BCUT2D eigenvalue weighted by Crippen LogP contribution is 2.24. The summed E-state index contributed by atoms with van der Waals surface area (Å²) in [6.45, 7) is 2.98. The largest absolute Gasteiger partial charge is 0.461 e.